The van der Waals surface area contributed by atoms with Gasteiger partial charge < -0.3 is 14.8 Å². The maximum atomic E-state index is 12.8. The fraction of sp³-hybridized carbons (Fsp3) is 0.353. The van der Waals surface area contributed by atoms with Crippen molar-refractivity contribution in [2.75, 3.05) is 25.5 Å². The van der Waals surface area contributed by atoms with Gasteiger partial charge in [0.1, 0.15) is 6.10 Å². The number of anilines is 1. The molecule has 1 atom stereocenters. The summed E-state index contributed by atoms with van der Waals surface area (Å²) < 4.78 is 37.6. The fourth-order valence-electron chi connectivity index (χ4n) is 2.73. The van der Waals surface area contributed by atoms with Crippen LogP contribution in [-0.4, -0.2) is 55.1 Å². The Kier molecular flexibility index (Phi) is 5.57. The van der Waals surface area contributed by atoms with Gasteiger partial charge in [-0.05, 0) is 30.7 Å². The van der Waals surface area contributed by atoms with Gasteiger partial charge in [-0.1, -0.05) is 0 Å². The van der Waals surface area contributed by atoms with E-state index in [-0.39, 0.29) is 23.5 Å². The second-order valence-electron chi connectivity index (χ2n) is 6.01. The molecular formula is C17H20N4O5S. The molecule has 3 rings (SSSR count). The van der Waals surface area contributed by atoms with Crippen molar-refractivity contribution in [2.45, 2.75) is 24.3 Å². The molecule has 1 saturated heterocycles. The minimum atomic E-state index is -3.64. The highest BCUT2D eigenvalue weighted by atomic mass is 32.2. The molecule has 0 spiro atoms. The van der Waals surface area contributed by atoms with E-state index in [1.54, 1.807) is 24.3 Å². The summed E-state index contributed by atoms with van der Waals surface area (Å²) >= 11 is 0. The number of methoxy groups -OCH3 is 1. The van der Waals surface area contributed by atoms with E-state index in [9.17, 15) is 13.2 Å². The van der Waals surface area contributed by atoms with Crippen LogP contribution in [-0.2, 0) is 14.8 Å². The van der Waals surface area contributed by atoms with E-state index in [1.165, 1.54) is 30.5 Å². The molecule has 144 valence electrons. The topological polar surface area (TPSA) is 111 Å². The number of hydrogen-bond acceptors (Lipinski definition) is 7. The molecule has 1 N–H and O–H groups in total. The number of sulfonamides is 1. The van der Waals surface area contributed by atoms with Crippen LogP contribution < -0.4 is 14.8 Å². The Bertz CT molecular complexity index is 900. The first-order valence-corrected chi connectivity index (χ1v) is 9.74. The number of ether oxygens (including phenoxy) is 2. The summed E-state index contributed by atoms with van der Waals surface area (Å²) in [5.41, 5.74) is 0.544. The average Bonchev–Trinajstić information content (AvgIpc) is 3.12. The summed E-state index contributed by atoms with van der Waals surface area (Å²) in [7, 11) is -2.14. The van der Waals surface area contributed by atoms with Gasteiger partial charge in [0, 0.05) is 31.3 Å². The molecule has 0 aliphatic carbocycles. The Balaban J connectivity index is 1.64. The smallest absolute Gasteiger partial charge is 0.243 e. The summed E-state index contributed by atoms with van der Waals surface area (Å²) in [5, 5.41) is 10.3. The van der Waals surface area contributed by atoms with Gasteiger partial charge in [-0.15, -0.1) is 10.2 Å². The van der Waals surface area contributed by atoms with E-state index >= 15 is 0 Å². The van der Waals surface area contributed by atoms with Crippen LogP contribution in [0.5, 0.6) is 11.8 Å². The van der Waals surface area contributed by atoms with E-state index in [4.69, 9.17) is 9.47 Å². The van der Waals surface area contributed by atoms with Gasteiger partial charge in [-0.2, -0.15) is 4.31 Å². The molecule has 2 aromatic rings. The standard InChI is InChI=1S/C17H20N4O5S/c1-12(22)18-13-3-5-15(6-4-13)27(23,24)21-10-9-14(11-21)26-17-8-7-16(25-2)19-20-17/h3-8,14H,9-11H2,1-2H3,(H,18,22). The molecule has 1 amide bonds. The van der Waals surface area contributed by atoms with E-state index in [2.05, 4.69) is 15.5 Å². The lowest BCUT2D eigenvalue weighted by atomic mass is 10.3. The Labute approximate surface area is 157 Å². The van der Waals surface area contributed by atoms with Crippen LogP contribution in [0.1, 0.15) is 13.3 Å². The first kappa shape index (κ1) is 19.1. The molecule has 27 heavy (non-hydrogen) atoms. The third-order valence-corrected chi connectivity index (χ3v) is 5.91. The number of hydrogen-bond donors (Lipinski definition) is 1. The fourth-order valence-corrected chi connectivity index (χ4v) is 4.21. The van der Waals surface area contributed by atoms with E-state index < -0.39 is 10.0 Å². The van der Waals surface area contributed by atoms with Crippen molar-refractivity contribution >= 4 is 21.6 Å². The van der Waals surface area contributed by atoms with Crippen LogP contribution in [0.25, 0.3) is 0 Å². The molecule has 10 heteroatoms. The monoisotopic (exact) mass is 392 g/mol. The molecule has 1 fully saturated rings. The van der Waals surface area contributed by atoms with Gasteiger partial charge in [0.2, 0.25) is 27.7 Å². The first-order valence-electron chi connectivity index (χ1n) is 8.30. The number of benzene rings is 1. The van der Waals surface area contributed by atoms with E-state index in [0.29, 0.717) is 30.4 Å². The second kappa shape index (κ2) is 7.89. The largest absolute Gasteiger partial charge is 0.480 e. The van der Waals surface area contributed by atoms with Crippen molar-refractivity contribution < 1.29 is 22.7 Å². The maximum Gasteiger partial charge on any atom is 0.243 e. The summed E-state index contributed by atoms with van der Waals surface area (Å²) in [5.74, 6) is 0.479. The first-order chi connectivity index (χ1) is 12.9. The molecular weight excluding hydrogens is 372 g/mol. The number of carbonyl (C=O) groups is 1. The molecule has 1 aliphatic rings. The van der Waals surface area contributed by atoms with Crippen LogP contribution in [0.2, 0.25) is 0 Å². The molecule has 0 bridgehead atoms. The van der Waals surface area contributed by atoms with Gasteiger partial charge >= 0.3 is 0 Å². The molecule has 1 aromatic carbocycles. The summed E-state index contributed by atoms with van der Waals surface area (Å²) in [6.07, 6.45) is 0.248. The van der Waals surface area contributed by atoms with E-state index in [1.807, 2.05) is 0 Å². The van der Waals surface area contributed by atoms with Crippen molar-refractivity contribution in [3.63, 3.8) is 0 Å². The molecule has 0 saturated carbocycles. The van der Waals surface area contributed by atoms with Gasteiger partial charge in [0.25, 0.3) is 0 Å². The van der Waals surface area contributed by atoms with Gasteiger partial charge in [-0.3, -0.25) is 4.79 Å². The zero-order valence-corrected chi connectivity index (χ0v) is 15.8. The highest BCUT2D eigenvalue weighted by Gasteiger charge is 2.33. The third-order valence-electron chi connectivity index (χ3n) is 4.03. The van der Waals surface area contributed by atoms with Crippen molar-refractivity contribution in [1.29, 1.82) is 0 Å². The zero-order valence-electron chi connectivity index (χ0n) is 15.0. The van der Waals surface area contributed by atoms with Crippen LogP contribution in [0.3, 0.4) is 0 Å². The summed E-state index contributed by atoms with van der Waals surface area (Å²) in [6, 6.07) is 9.33. The van der Waals surface area contributed by atoms with Crippen molar-refractivity contribution in [1.82, 2.24) is 14.5 Å². The van der Waals surface area contributed by atoms with Crippen molar-refractivity contribution in [2.24, 2.45) is 0 Å². The van der Waals surface area contributed by atoms with Gasteiger partial charge in [0.15, 0.2) is 0 Å². The number of rotatable bonds is 6. The third kappa shape index (κ3) is 4.52. The second-order valence-corrected chi connectivity index (χ2v) is 7.95. The SMILES string of the molecule is COc1ccc(OC2CCN(S(=O)(=O)c3ccc(NC(C)=O)cc3)C2)nn1. The number of nitrogens with one attached hydrogen (secondary N) is 1. The molecule has 9 nitrogen and oxygen atoms in total. The summed E-state index contributed by atoms with van der Waals surface area (Å²) in [6.45, 7) is 1.97. The lowest BCUT2D eigenvalue weighted by Crippen LogP contribution is -2.31. The molecule has 1 unspecified atom stereocenters. The van der Waals surface area contributed by atoms with Crippen molar-refractivity contribution in [3.05, 3.63) is 36.4 Å². The van der Waals surface area contributed by atoms with Gasteiger partial charge in [0.05, 0.1) is 18.6 Å². The minimum absolute atomic E-state index is 0.168. The Morgan fingerprint density at radius 3 is 2.41 bits per heavy atom. The molecule has 2 heterocycles. The van der Waals surface area contributed by atoms with Crippen LogP contribution >= 0.6 is 0 Å². The zero-order chi connectivity index (χ0) is 19.4. The normalized spacial score (nSPS) is 17.5. The Morgan fingerprint density at radius 2 is 1.81 bits per heavy atom. The molecule has 1 aromatic heterocycles. The Morgan fingerprint density at radius 1 is 1.15 bits per heavy atom. The Hall–Kier alpha value is -2.72. The van der Waals surface area contributed by atoms with E-state index in [0.717, 1.165) is 0 Å². The number of nitrogens with zero attached hydrogens (tertiary/aromatic N) is 3. The lowest BCUT2D eigenvalue weighted by molar-refractivity contribution is -0.114. The molecule has 0 radical (unpaired) electrons. The number of aromatic nitrogens is 2. The van der Waals surface area contributed by atoms with Crippen LogP contribution in [0.15, 0.2) is 41.3 Å². The number of amides is 1. The maximum absolute atomic E-state index is 12.8. The molecule has 1 aliphatic heterocycles. The average molecular weight is 392 g/mol. The summed E-state index contributed by atoms with van der Waals surface area (Å²) in [4.78, 5) is 11.2. The van der Waals surface area contributed by atoms with Crippen LogP contribution in [0.4, 0.5) is 5.69 Å². The lowest BCUT2D eigenvalue weighted by Gasteiger charge is -2.17. The number of carbonyl (C=O) groups excluding carboxylic acids is 1. The predicted octanol–water partition coefficient (Wildman–Crippen LogP) is 1.29. The highest BCUT2D eigenvalue weighted by Crippen LogP contribution is 2.24. The predicted molar refractivity (Wildman–Crippen MR) is 97.1 cm³/mol. The quantitative estimate of drug-likeness (QED) is 0.788. The minimum Gasteiger partial charge on any atom is -0.480 e. The van der Waals surface area contributed by atoms with Crippen LogP contribution in [0, 0.1) is 0 Å². The highest BCUT2D eigenvalue weighted by molar-refractivity contribution is 7.89. The van der Waals surface area contributed by atoms with Gasteiger partial charge in [-0.25, -0.2) is 8.42 Å². The van der Waals surface area contributed by atoms with Crippen molar-refractivity contribution in [3.8, 4) is 11.8 Å².